The lowest BCUT2D eigenvalue weighted by atomic mass is 10.0. The van der Waals surface area contributed by atoms with Gasteiger partial charge in [0.25, 0.3) is 0 Å². The molecular weight excluding hydrogens is 304 g/mol. The van der Waals surface area contributed by atoms with Crippen LogP contribution in [0.25, 0.3) is 11.3 Å². The van der Waals surface area contributed by atoms with E-state index >= 15 is 0 Å². The fourth-order valence-corrected chi connectivity index (χ4v) is 2.40. The summed E-state index contributed by atoms with van der Waals surface area (Å²) in [6.07, 6.45) is 0.861. The summed E-state index contributed by atoms with van der Waals surface area (Å²) in [6, 6.07) is 7.57. The maximum Gasteiger partial charge on any atom is 0.344 e. The van der Waals surface area contributed by atoms with E-state index in [1.807, 2.05) is 31.3 Å². The van der Waals surface area contributed by atoms with Gasteiger partial charge in [-0.15, -0.1) is 5.10 Å². The quantitative estimate of drug-likeness (QED) is 0.766. The van der Waals surface area contributed by atoms with Crippen molar-refractivity contribution in [2.24, 2.45) is 7.05 Å². The Morgan fingerprint density at radius 3 is 2.77 bits per heavy atom. The predicted octanol–water partition coefficient (Wildman–Crippen LogP) is 3.24. The summed E-state index contributed by atoms with van der Waals surface area (Å²) in [5, 5.41) is 4.98. The van der Waals surface area contributed by atoms with Gasteiger partial charge in [0.2, 0.25) is 5.88 Å². The van der Waals surface area contributed by atoms with Gasteiger partial charge in [-0.25, -0.2) is 4.79 Å². The number of rotatable bonds is 6. The van der Waals surface area contributed by atoms with Crippen LogP contribution in [0.1, 0.15) is 19.4 Å². The third-order valence-electron chi connectivity index (χ3n) is 3.22. The number of hydrogen-bond donors (Lipinski definition) is 0. The number of aryl methyl sites for hydroxylation is 2. The van der Waals surface area contributed by atoms with Gasteiger partial charge in [-0.05, 0) is 31.0 Å². The van der Waals surface area contributed by atoms with E-state index in [2.05, 4.69) is 12.0 Å². The number of ether oxygens (including phenoxy) is 2. The molecule has 0 atom stereocenters. The lowest BCUT2D eigenvalue weighted by Gasteiger charge is -2.08. The van der Waals surface area contributed by atoms with E-state index < -0.39 is 5.97 Å². The molecule has 6 heteroatoms. The summed E-state index contributed by atoms with van der Waals surface area (Å²) >= 11 is 6.04. The van der Waals surface area contributed by atoms with Crippen LogP contribution in [-0.4, -0.2) is 29.0 Å². The molecule has 5 nitrogen and oxygen atoms in total. The Labute approximate surface area is 134 Å². The van der Waals surface area contributed by atoms with Crippen molar-refractivity contribution < 1.29 is 14.3 Å². The van der Waals surface area contributed by atoms with Gasteiger partial charge in [0.05, 0.1) is 12.3 Å². The number of benzene rings is 1. The lowest BCUT2D eigenvalue weighted by molar-refractivity contribution is -0.145. The van der Waals surface area contributed by atoms with Crippen LogP contribution in [0, 0.1) is 0 Å². The molecular formula is C16H19ClN2O3. The van der Waals surface area contributed by atoms with Crippen molar-refractivity contribution in [2.45, 2.75) is 20.3 Å². The molecule has 0 amide bonds. The number of aromatic nitrogens is 2. The molecule has 0 radical (unpaired) electrons. The number of carbonyl (C=O) groups is 1. The van der Waals surface area contributed by atoms with Gasteiger partial charge in [-0.2, -0.15) is 0 Å². The van der Waals surface area contributed by atoms with E-state index in [0.29, 0.717) is 17.5 Å². The zero-order valence-corrected chi connectivity index (χ0v) is 13.7. The highest BCUT2D eigenvalue weighted by Crippen LogP contribution is 2.29. The maximum atomic E-state index is 11.3. The van der Waals surface area contributed by atoms with Crippen molar-refractivity contribution in [3.05, 3.63) is 34.9 Å². The maximum absolute atomic E-state index is 11.3. The highest BCUT2D eigenvalue weighted by molar-refractivity contribution is 6.30. The first-order chi connectivity index (χ1) is 10.5. The lowest BCUT2D eigenvalue weighted by Crippen LogP contribution is -2.14. The predicted molar refractivity (Wildman–Crippen MR) is 85.2 cm³/mol. The SMILES string of the molecule is CCOC(=O)COc1cc(-c2ccc(Cl)cc2CC)n(C)n1. The average Bonchev–Trinajstić information content (AvgIpc) is 2.86. The van der Waals surface area contributed by atoms with E-state index in [0.717, 1.165) is 23.2 Å². The smallest absolute Gasteiger partial charge is 0.344 e. The van der Waals surface area contributed by atoms with Crippen molar-refractivity contribution in [3.63, 3.8) is 0 Å². The molecule has 1 aromatic heterocycles. The fraction of sp³-hybridized carbons (Fsp3) is 0.375. The van der Waals surface area contributed by atoms with Crippen molar-refractivity contribution in [2.75, 3.05) is 13.2 Å². The average molecular weight is 323 g/mol. The molecule has 0 aliphatic heterocycles. The molecule has 0 bridgehead atoms. The molecule has 22 heavy (non-hydrogen) atoms. The number of hydrogen-bond acceptors (Lipinski definition) is 4. The molecule has 0 unspecified atom stereocenters. The molecule has 0 fully saturated rings. The first-order valence-electron chi connectivity index (χ1n) is 7.16. The van der Waals surface area contributed by atoms with Crippen LogP contribution >= 0.6 is 11.6 Å². The Hall–Kier alpha value is -2.01. The number of esters is 1. The minimum Gasteiger partial charge on any atom is -0.465 e. The highest BCUT2D eigenvalue weighted by atomic mass is 35.5. The molecule has 1 aromatic carbocycles. The van der Waals surface area contributed by atoms with Crippen molar-refractivity contribution in [1.82, 2.24) is 9.78 Å². The molecule has 0 saturated carbocycles. The van der Waals surface area contributed by atoms with Crippen LogP contribution in [0.4, 0.5) is 0 Å². The van der Waals surface area contributed by atoms with Crippen molar-refractivity contribution >= 4 is 17.6 Å². The third-order valence-corrected chi connectivity index (χ3v) is 3.46. The minimum atomic E-state index is -0.407. The van der Waals surface area contributed by atoms with Crippen molar-refractivity contribution in [1.29, 1.82) is 0 Å². The summed E-state index contributed by atoms with van der Waals surface area (Å²) in [6.45, 7) is 4.01. The van der Waals surface area contributed by atoms with Crippen LogP contribution in [0.3, 0.4) is 0 Å². The second-order valence-corrected chi connectivity index (χ2v) is 5.18. The molecule has 0 aliphatic carbocycles. The Kier molecular flexibility index (Phi) is 5.44. The minimum absolute atomic E-state index is 0.147. The standard InChI is InChI=1S/C16H19ClN2O3/c1-4-11-8-12(17)6-7-13(11)14-9-15(18-19(14)3)22-10-16(20)21-5-2/h6-9H,4-5,10H2,1-3H3. The van der Waals surface area contributed by atoms with E-state index in [1.54, 1.807) is 11.6 Å². The molecule has 0 N–H and O–H groups in total. The van der Waals surface area contributed by atoms with Gasteiger partial charge in [-0.1, -0.05) is 24.6 Å². The molecule has 1 heterocycles. The second-order valence-electron chi connectivity index (χ2n) is 4.74. The molecule has 0 spiro atoms. The normalized spacial score (nSPS) is 10.5. The van der Waals surface area contributed by atoms with Gasteiger partial charge in [0.15, 0.2) is 6.61 Å². The second kappa shape index (κ2) is 7.31. The largest absolute Gasteiger partial charge is 0.465 e. The molecule has 0 saturated heterocycles. The van der Waals surface area contributed by atoms with E-state index in [9.17, 15) is 4.79 Å². The van der Waals surface area contributed by atoms with Crippen LogP contribution in [0.2, 0.25) is 5.02 Å². The zero-order chi connectivity index (χ0) is 16.1. The van der Waals surface area contributed by atoms with Gasteiger partial charge >= 0.3 is 5.97 Å². The Morgan fingerprint density at radius 2 is 2.09 bits per heavy atom. The van der Waals surface area contributed by atoms with E-state index in [-0.39, 0.29) is 6.61 Å². The third kappa shape index (κ3) is 3.80. The zero-order valence-electron chi connectivity index (χ0n) is 12.9. The van der Waals surface area contributed by atoms with Gasteiger partial charge in [0.1, 0.15) is 0 Å². The summed E-state index contributed by atoms with van der Waals surface area (Å²) in [5.74, 6) is -0.0157. The van der Waals surface area contributed by atoms with Crippen LogP contribution in [0.15, 0.2) is 24.3 Å². The van der Waals surface area contributed by atoms with Crippen LogP contribution in [0.5, 0.6) is 5.88 Å². The van der Waals surface area contributed by atoms with E-state index in [4.69, 9.17) is 21.1 Å². The number of carbonyl (C=O) groups excluding carboxylic acids is 1. The molecule has 118 valence electrons. The summed E-state index contributed by atoms with van der Waals surface area (Å²) in [7, 11) is 1.83. The summed E-state index contributed by atoms with van der Waals surface area (Å²) in [5.41, 5.74) is 3.09. The van der Waals surface area contributed by atoms with E-state index in [1.165, 1.54) is 0 Å². The molecule has 2 aromatic rings. The first kappa shape index (κ1) is 16.4. The van der Waals surface area contributed by atoms with Gasteiger partial charge in [0, 0.05) is 23.7 Å². The van der Waals surface area contributed by atoms with Crippen LogP contribution in [-0.2, 0) is 23.0 Å². The summed E-state index contributed by atoms with van der Waals surface area (Å²) < 4.78 is 11.9. The number of nitrogens with zero attached hydrogens (tertiary/aromatic N) is 2. The van der Waals surface area contributed by atoms with Crippen molar-refractivity contribution in [3.8, 4) is 17.1 Å². The van der Waals surface area contributed by atoms with Gasteiger partial charge < -0.3 is 9.47 Å². The highest BCUT2D eigenvalue weighted by Gasteiger charge is 2.13. The van der Waals surface area contributed by atoms with Crippen LogP contribution < -0.4 is 4.74 Å². The number of halogens is 1. The van der Waals surface area contributed by atoms with Gasteiger partial charge in [-0.3, -0.25) is 4.68 Å². The Bertz CT molecular complexity index is 667. The first-order valence-corrected chi connectivity index (χ1v) is 7.54. The summed E-state index contributed by atoms with van der Waals surface area (Å²) in [4.78, 5) is 11.3. The Balaban J connectivity index is 2.21. The Morgan fingerprint density at radius 1 is 1.32 bits per heavy atom. The molecule has 2 rings (SSSR count). The topological polar surface area (TPSA) is 53.4 Å². The fourth-order valence-electron chi connectivity index (χ4n) is 2.20. The monoisotopic (exact) mass is 322 g/mol. The molecule has 0 aliphatic rings.